The second-order valence-corrected chi connectivity index (χ2v) is 5.61. The molecule has 0 aliphatic rings. The highest BCUT2D eigenvalue weighted by atomic mass is 32.2. The van der Waals surface area contributed by atoms with E-state index in [1.807, 2.05) is 0 Å². The Morgan fingerprint density at radius 2 is 2.06 bits per heavy atom. The van der Waals surface area contributed by atoms with Gasteiger partial charge >= 0.3 is 0 Å². The number of rotatable bonds is 5. The third kappa shape index (κ3) is 3.38. The van der Waals surface area contributed by atoms with Crippen molar-refractivity contribution in [2.75, 3.05) is 12.3 Å². The first-order chi connectivity index (χ1) is 8.40. The van der Waals surface area contributed by atoms with Gasteiger partial charge in [-0.15, -0.1) is 0 Å². The van der Waals surface area contributed by atoms with Crippen molar-refractivity contribution in [3.05, 3.63) is 41.7 Å². The summed E-state index contributed by atoms with van der Waals surface area (Å²) in [5.41, 5.74) is 10.3. The summed E-state index contributed by atoms with van der Waals surface area (Å²) in [6.45, 7) is -0.189. The number of primary amides is 1. The number of amides is 1. The lowest BCUT2D eigenvalue weighted by atomic mass is 10.2. The molecule has 0 atom stereocenters. The highest BCUT2D eigenvalue weighted by Crippen LogP contribution is 2.15. The van der Waals surface area contributed by atoms with Gasteiger partial charge < -0.3 is 11.5 Å². The first-order valence-electron chi connectivity index (χ1n) is 5.01. The molecule has 7 heteroatoms. The van der Waals surface area contributed by atoms with E-state index < -0.39 is 21.5 Å². The quantitative estimate of drug-likeness (QED) is 0.808. The normalized spacial score (nSPS) is 12.4. The summed E-state index contributed by atoms with van der Waals surface area (Å²) < 4.78 is 36.2. The average molecular weight is 272 g/mol. The SMILES string of the molecule is NCC(=CF)CS(=O)(=O)c1cccc(C(N)=O)c1. The predicted molar refractivity (Wildman–Crippen MR) is 65.3 cm³/mol. The largest absolute Gasteiger partial charge is 0.366 e. The Morgan fingerprint density at radius 3 is 2.56 bits per heavy atom. The fourth-order valence-corrected chi connectivity index (χ4v) is 2.73. The second-order valence-electron chi connectivity index (χ2n) is 3.62. The van der Waals surface area contributed by atoms with Crippen LogP contribution in [0.1, 0.15) is 10.4 Å². The summed E-state index contributed by atoms with van der Waals surface area (Å²) in [4.78, 5) is 10.9. The van der Waals surface area contributed by atoms with Crippen LogP contribution in [0.5, 0.6) is 0 Å². The van der Waals surface area contributed by atoms with Crippen LogP contribution in [-0.4, -0.2) is 26.6 Å². The van der Waals surface area contributed by atoms with Crippen molar-refractivity contribution in [1.29, 1.82) is 0 Å². The minimum Gasteiger partial charge on any atom is -0.366 e. The fourth-order valence-electron chi connectivity index (χ4n) is 1.31. The maximum atomic E-state index is 12.3. The summed E-state index contributed by atoms with van der Waals surface area (Å²) in [7, 11) is -3.74. The Labute approximate surface area is 104 Å². The van der Waals surface area contributed by atoms with Crippen molar-refractivity contribution in [1.82, 2.24) is 0 Å². The molecular formula is C11H13FN2O3S. The van der Waals surface area contributed by atoms with Gasteiger partial charge in [0.2, 0.25) is 5.91 Å². The molecule has 5 nitrogen and oxygen atoms in total. The maximum absolute atomic E-state index is 12.3. The second kappa shape index (κ2) is 5.74. The number of sulfone groups is 1. The molecule has 0 aliphatic carbocycles. The molecule has 1 amide bonds. The Bertz CT molecular complexity index is 582. The Kier molecular flexibility index (Phi) is 4.57. The lowest BCUT2D eigenvalue weighted by molar-refractivity contribution is 0.1000. The molecule has 0 aromatic heterocycles. The molecule has 0 saturated carbocycles. The minimum atomic E-state index is -3.74. The van der Waals surface area contributed by atoms with E-state index in [0.717, 1.165) is 6.07 Å². The first-order valence-corrected chi connectivity index (χ1v) is 6.66. The molecule has 0 heterocycles. The van der Waals surface area contributed by atoms with Gasteiger partial charge in [0.05, 0.1) is 17.0 Å². The molecule has 0 spiro atoms. The monoisotopic (exact) mass is 272 g/mol. The van der Waals surface area contributed by atoms with E-state index in [0.29, 0.717) is 0 Å². The molecule has 0 unspecified atom stereocenters. The number of hydrogen-bond acceptors (Lipinski definition) is 4. The van der Waals surface area contributed by atoms with Gasteiger partial charge in [-0.1, -0.05) is 6.07 Å². The number of nitrogens with two attached hydrogens (primary N) is 2. The van der Waals surface area contributed by atoms with Crippen molar-refractivity contribution < 1.29 is 17.6 Å². The van der Waals surface area contributed by atoms with Gasteiger partial charge in [0.1, 0.15) is 0 Å². The third-order valence-electron chi connectivity index (χ3n) is 2.27. The van der Waals surface area contributed by atoms with Gasteiger partial charge in [-0.3, -0.25) is 4.79 Å². The Balaban J connectivity index is 3.13. The van der Waals surface area contributed by atoms with E-state index in [1.165, 1.54) is 18.2 Å². The van der Waals surface area contributed by atoms with E-state index in [-0.39, 0.29) is 28.9 Å². The summed E-state index contributed by atoms with van der Waals surface area (Å²) in [5, 5.41) is 0. The van der Waals surface area contributed by atoms with Gasteiger partial charge in [0.25, 0.3) is 0 Å². The number of carbonyl (C=O) groups is 1. The molecule has 0 bridgehead atoms. The van der Waals surface area contributed by atoms with Crippen molar-refractivity contribution in [2.45, 2.75) is 4.90 Å². The van der Waals surface area contributed by atoms with E-state index in [2.05, 4.69) is 0 Å². The molecule has 0 aliphatic heterocycles. The van der Waals surface area contributed by atoms with E-state index in [4.69, 9.17) is 11.5 Å². The fraction of sp³-hybridized carbons (Fsp3) is 0.182. The minimum absolute atomic E-state index is 0.0421. The zero-order valence-electron chi connectivity index (χ0n) is 9.47. The van der Waals surface area contributed by atoms with Crippen molar-refractivity contribution in [2.24, 2.45) is 11.5 Å². The summed E-state index contributed by atoms with van der Waals surface area (Å²) >= 11 is 0. The molecule has 98 valence electrons. The smallest absolute Gasteiger partial charge is 0.248 e. The molecule has 4 N–H and O–H groups in total. The molecule has 0 radical (unpaired) electrons. The van der Waals surface area contributed by atoms with Crippen molar-refractivity contribution >= 4 is 15.7 Å². The van der Waals surface area contributed by atoms with Crippen molar-refractivity contribution in [3.8, 4) is 0 Å². The highest BCUT2D eigenvalue weighted by molar-refractivity contribution is 7.91. The molecular weight excluding hydrogens is 259 g/mol. The Morgan fingerprint density at radius 1 is 1.39 bits per heavy atom. The standard InChI is InChI=1S/C11H13FN2O3S/c12-5-8(6-13)7-18(16,17)10-3-1-2-9(4-10)11(14)15/h1-5H,6-7,13H2,(H2,14,15). The van der Waals surface area contributed by atoms with Crippen molar-refractivity contribution in [3.63, 3.8) is 0 Å². The molecule has 18 heavy (non-hydrogen) atoms. The zero-order chi connectivity index (χ0) is 13.8. The topological polar surface area (TPSA) is 103 Å². The van der Waals surface area contributed by atoms with Crippen LogP contribution >= 0.6 is 0 Å². The molecule has 1 aromatic rings. The van der Waals surface area contributed by atoms with Crippen LogP contribution < -0.4 is 11.5 Å². The zero-order valence-corrected chi connectivity index (χ0v) is 10.3. The number of hydrogen-bond donors (Lipinski definition) is 2. The number of halogens is 1. The van der Waals surface area contributed by atoms with Crippen LogP contribution in [0.4, 0.5) is 4.39 Å². The third-order valence-corrected chi connectivity index (χ3v) is 3.99. The van der Waals surface area contributed by atoms with Crippen LogP contribution in [-0.2, 0) is 9.84 Å². The highest BCUT2D eigenvalue weighted by Gasteiger charge is 2.17. The van der Waals surface area contributed by atoms with Crippen LogP contribution in [0.2, 0.25) is 0 Å². The lowest BCUT2D eigenvalue weighted by Gasteiger charge is -2.06. The Hall–Kier alpha value is -1.73. The number of benzene rings is 1. The van der Waals surface area contributed by atoms with Gasteiger partial charge in [-0.2, -0.15) is 0 Å². The lowest BCUT2D eigenvalue weighted by Crippen LogP contribution is -2.16. The van der Waals surface area contributed by atoms with Crippen LogP contribution in [0.3, 0.4) is 0 Å². The van der Waals surface area contributed by atoms with Crippen LogP contribution in [0, 0.1) is 0 Å². The molecule has 0 saturated heterocycles. The number of carbonyl (C=O) groups excluding carboxylic acids is 1. The maximum Gasteiger partial charge on any atom is 0.248 e. The van der Waals surface area contributed by atoms with E-state index in [1.54, 1.807) is 0 Å². The first kappa shape index (κ1) is 14.3. The average Bonchev–Trinajstić information content (AvgIpc) is 2.36. The summed E-state index contributed by atoms with van der Waals surface area (Å²) in [6.07, 6.45) is 0.176. The van der Waals surface area contributed by atoms with Crippen LogP contribution in [0.15, 0.2) is 41.1 Å². The predicted octanol–water partition coefficient (Wildman–Crippen LogP) is 0.371. The summed E-state index contributed by atoms with van der Waals surface area (Å²) in [5.74, 6) is -1.26. The molecule has 0 fully saturated rings. The van der Waals surface area contributed by atoms with E-state index in [9.17, 15) is 17.6 Å². The van der Waals surface area contributed by atoms with E-state index >= 15 is 0 Å². The molecule has 1 aromatic carbocycles. The van der Waals surface area contributed by atoms with Gasteiger partial charge in [-0.25, -0.2) is 12.8 Å². The van der Waals surface area contributed by atoms with Crippen LogP contribution in [0.25, 0.3) is 0 Å². The summed E-state index contributed by atoms with van der Waals surface area (Å²) in [6, 6.07) is 5.27. The van der Waals surface area contributed by atoms with Gasteiger partial charge in [0, 0.05) is 12.1 Å². The van der Waals surface area contributed by atoms with Gasteiger partial charge in [0.15, 0.2) is 9.84 Å². The van der Waals surface area contributed by atoms with Gasteiger partial charge in [-0.05, 0) is 23.8 Å². The molecule has 1 rings (SSSR count).